The minimum atomic E-state index is -0.331. The highest BCUT2D eigenvalue weighted by molar-refractivity contribution is 5.79. The molecule has 0 spiro atoms. The highest BCUT2D eigenvalue weighted by Gasteiger charge is 2.31. The fourth-order valence-corrected chi connectivity index (χ4v) is 2.40. The van der Waals surface area contributed by atoms with Crippen molar-refractivity contribution in [2.75, 3.05) is 18.1 Å². The van der Waals surface area contributed by atoms with E-state index in [-0.39, 0.29) is 17.6 Å². The van der Waals surface area contributed by atoms with Gasteiger partial charge in [-0.25, -0.2) is 9.78 Å². The maximum Gasteiger partial charge on any atom is 0.328 e. The Morgan fingerprint density at radius 1 is 1.58 bits per heavy atom. The number of aryl methyl sites for hydroxylation is 1. The molecule has 19 heavy (non-hydrogen) atoms. The molecule has 0 aliphatic carbocycles. The second kappa shape index (κ2) is 5.86. The van der Waals surface area contributed by atoms with E-state index < -0.39 is 0 Å². The zero-order chi connectivity index (χ0) is 13.8. The Morgan fingerprint density at radius 3 is 3.05 bits per heavy atom. The highest BCUT2D eigenvalue weighted by atomic mass is 16.5. The van der Waals surface area contributed by atoms with E-state index in [1.165, 1.54) is 6.07 Å². The summed E-state index contributed by atoms with van der Waals surface area (Å²) in [5.41, 5.74) is -0.198. The Kier molecular flexibility index (Phi) is 4.19. The monoisotopic (exact) mass is 265 g/mol. The molecular weight excluding hydrogens is 246 g/mol. The predicted molar refractivity (Wildman–Crippen MR) is 71.2 cm³/mol. The van der Waals surface area contributed by atoms with E-state index in [0.29, 0.717) is 18.2 Å². The standard InChI is InChI=1S/C13H19N3O3/c1-3-19-13(18)10-6-4-5-7-16(10)11-8-12(17)15-9(2)14-11/h8,10H,3-7H2,1-2H3,(H,14,15,17). The summed E-state index contributed by atoms with van der Waals surface area (Å²) in [7, 11) is 0. The molecule has 104 valence electrons. The number of ether oxygens (including phenoxy) is 1. The van der Waals surface area contributed by atoms with Gasteiger partial charge in [0.1, 0.15) is 17.7 Å². The molecule has 0 saturated carbocycles. The number of aromatic nitrogens is 2. The summed E-state index contributed by atoms with van der Waals surface area (Å²) < 4.78 is 5.10. The third-order valence-electron chi connectivity index (χ3n) is 3.20. The minimum Gasteiger partial charge on any atom is -0.464 e. The van der Waals surface area contributed by atoms with Crippen molar-refractivity contribution in [3.05, 3.63) is 22.2 Å². The van der Waals surface area contributed by atoms with Gasteiger partial charge in [-0.2, -0.15) is 0 Å². The van der Waals surface area contributed by atoms with Gasteiger partial charge in [-0.1, -0.05) is 0 Å². The van der Waals surface area contributed by atoms with Crippen molar-refractivity contribution in [2.24, 2.45) is 0 Å². The quantitative estimate of drug-likeness (QED) is 0.825. The molecule has 1 aromatic heterocycles. The zero-order valence-corrected chi connectivity index (χ0v) is 11.3. The zero-order valence-electron chi connectivity index (χ0n) is 11.3. The van der Waals surface area contributed by atoms with Gasteiger partial charge in [-0.05, 0) is 33.1 Å². The maximum atomic E-state index is 12.0. The van der Waals surface area contributed by atoms with Crippen LogP contribution in [0.3, 0.4) is 0 Å². The first-order valence-electron chi connectivity index (χ1n) is 6.63. The van der Waals surface area contributed by atoms with E-state index in [2.05, 4.69) is 9.97 Å². The first-order valence-corrected chi connectivity index (χ1v) is 6.63. The minimum absolute atomic E-state index is 0.198. The lowest BCUT2D eigenvalue weighted by atomic mass is 10.0. The van der Waals surface area contributed by atoms with Gasteiger partial charge in [-0.3, -0.25) is 4.79 Å². The van der Waals surface area contributed by atoms with Crippen LogP contribution in [0.1, 0.15) is 32.0 Å². The molecule has 2 rings (SSSR count). The van der Waals surface area contributed by atoms with Gasteiger partial charge in [0.15, 0.2) is 0 Å². The van der Waals surface area contributed by atoms with E-state index in [0.717, 1.165) is 25.8 Å². The number of carbonyl (C=O) groups is 1. The molecule has 6 nitrogen and oxygen atoms in total. The van der Waals surface area contributed by atoms with Gasteiger partial charge in [0.25, 0.3) is 5.56 Å². The average molecular weight is 265 g/mol. The van der Waals surface area contributed by atoms with Crippen LogP contribution in [0.15, 0.2) is 10.9 Å². The summed E-state index contributed by atoms with van der Waals surface area (Å²) in [5.74, 6) is 0.872. The Labute approximate surface area is 111 Å². The van der Waals surface area contributed by atoms with E-state index >= 15 is 0 Å². The average Bonchev–Trinajstić information content (AvgIpc) is 2.38. The van der Waals surface area contributed by atoms with Gasteiger partial charge in [0.2, 0.25) is 0 Å². The van der Waals surface area contributed by atoms with Gasteiger partial charge in [0, 0.05) is 12.6 Å². The molecule has 1 aliphatic rings. The van der Waals surface area contributed by atoms with E-state index in [1.54, 1.807) is 13.8 Å². The normalized spacial score (nSPS) is 19.3. The molecular formula is C13H19N3O3. The number of hydrogen-bond acceptors (Lipinski definition) is 5. The Bertz CT molecular complexity index is 512. The summed E-state index contributed by atoms with van der Waals surface area (Å²) in [6.07, 6.45) is 2.72. The second-order valence-corrected chi connectivity index (χ2v) is 4.65. The van der Waals surface area contributed by atoms with Gasteiger partial charge < -0.3 is 14.6 Å². The number of piperidine rings is 1. The Hall–Kier alpha value is -1.85. The van der Waals surface area contributed by atoms with E-state index in [9.17, 15) is 9.59 Å². The molecule has 1 atom stereocenters. The molecule has 6 heteroatoms. The first-order chi connectivity index (χ1) is 9.11. The van der Waals surface area contributed by atoms with Crippen LogP contribution in [0.2, 0.25) is 0 Å². The second-order valence-electron chi connectivity index (χ2n) is 4.65. The van der Waals surface area contributed by atoms with Crippen molar-refractivity contribution in [2.45, 2.75) is 39.2 Å². The fraction of sp³-hybridized carbons (Fsp3) is 0.615. The van der Waals surface area contributed by atoms with Crippen LogP contribution in [-0.4, -0.2) is 35.1 Å². The summed E-state index contributed by atoms with van der Waals surface area (Å²) in [6.45, 7) is 4.61. The van der Waals surface area contributed by atoms with Crippen molar-refractivity contribution in [3.63, 3.8) is 0 Å². The molecule has 1 aliphatic heterocycles. The molecule has 1 N–H and O–H groups in total. The number of H-pyrrole nitrogens is 1. The van der Waals surface area contributed by atoms with E-state index in [4.69, 9.17) is 4.74 Å². The highest BCUT2D eigenvalue weighted by Crippen LogP contribution is 2.23. The smallest absolute Gasteiger partial charge is 0.328 e. The topological polar surface area (TPSA) is 75.3 Å². The lowest BCUT2D eigenvalue weighted by Gasteiger charge is -2.34. The van der Waals surface area contributed by atoms with Crippen LogP contribution in [-0.2, 0) is 9.53 Å². The van der Waals surface area contributed by atoms with Crippen LogP contribution < -0.4 is 10.5 Å². The number of rotatable bonds is 3. The molecule has 1 unspecified atom stereocenters. The summed E-state index contributed by atoms with van der Waals surface area (Å²) in [4.78, 5) is 32.3. The Balaban J connectivity index is 2.28. The molecule has 0 amide bonds. The molecule has 0 bridgehead atoms. The van der Waals surface area contributed by atoms with Crippen molar-refractivity contribution in [3.8, 4) is 0 Å². The third-order valence-corrected chi connectivity index (χ3v) is 3.20. The first kappa shape index (κ1) is 13.6. The number of anilines is 1. The van der Waals surface area contributed by atoms with Crippen molar-refractivity contribution in [1.82, 2.24) is 9.97 Å². The lowest BCUT2D eigenvalue weighted by molar-refractivity contribution is -0.145. The van der Waals surface area contributed by atoms with Crippen molar-refractivity contribution < 1.29 is 9.53 Å². The van der Waals surface area contributed by atoms with Gasteiger partial charge in [0.05, 0.1) is 6.61 Å². The van der Waals surface area contributed by atoms with Crippen LogP contribution in [0, 0.1) is 6.92 Å². The van der Waals surface area contributed by atoms with Crippen LogP contribution in [0.25, 0.3) is 0 Å². The van der Waals surface area contributed by atoms with Gasteiger partial charge >= 0.3 is 5.97 Å². The molecule has 2 heterocycles. The number of esters is 1. The van der Waals surface area contributed by atoms with Crippen LogP contribution in [0.5, 0.6) is 0 Å². The number of nitrogens with zero attached hydrogens (tertiary/aromatic N) is 2. The number of hydrogen-bond donors (Lipinski definition) is 1. The van der Waals surface area contributed by atoms with Gasteiger partial charge in [-0.15, -0.1) is 0 Å². The number of aromatic amines is 1. The lowest BCUT2D eigenvalue weighted by Crippen LogP contribution is -2.46. The third kappa shape index (κ3) is 3.13. The largest absolute Gasteiger partial charge is 0.464 e. The van der Waals surface area contributed by atoms with Crippen molar-refractivity contribution in [1.29, 1.82) is 0 Å². The summed E-state index contributed by atoms with van der Waals surface area (Å²) in [6, 6.07) is 1.10. The molecule has 0 aromatic carbocycles. The predicted octanol–water partition coefficient (Wildman–Crippen LogP) is 1.00. The Morgan fingerprint density at radius 2 is 2.37 bits per heavy atom. The molecule has 0 radical (unpaired) electrons. The number of nitrogens with one attached hydrogen (secondary N) is 1. The number of carbonyl (C=O) groups excluding carboxylic acids is 1. The van der Waals surface area contributed by atoms with Crippen LogP contribution in [0.4, 0.5) is 5.82 Å². The molecule has 1 fully saturated rings. The summed E-state index contributed by atoms with van der Waals surface area (Å²) >= 11 is 0. The van der Waals surface area contributed by atoms with E-state index in [1.807, 2.05) is 4.90 Å². The maximum absolute atomic E-state index is 12.0. The van der Waals surface area contributed by atoms with Crippen molar-refractivity contribution >= 4 is 11.8 Å². The SMILES string of the molecule is CCOC(=O)C1CCCCN1c1cc(=O)[nH]c(C)n1. The molecule has 1 saturated heterocycles. The summed E-state index contributed by atoms with van der Waals surface area (Å²) in [5, 5.41) is 0. The molecule has 1 aromatic rings. The fourth-order valence-electron chi connectivity index (χ4n) is 2.40. The van der Waals surface area contributed by atoms with Crippen LogP contribution >= 0.6 is 0 Å².